The Morgan fingerprint density at radius 1 is 1.42 bits per heavy atom. The molecule has 2 aromatic rings. The van der Waals surface area contributed by atoms with E-state index < -0.39 is 6.09 Å². The van der Waals surface area contributed by atoms with Crippen molar-refractivity contribution < 1.29 is 9.90 Å². The van der Waals surface area contributed by atoms with Gasteiger partial charge in [-0.1, -0.05) is 18.2 Å². The Morgan fingerprint density at radius 2 is 2.17 bits per heavy atom. The molecule has 0 atom stereocenters. The van der Waals surface area contributed by atoms with Gasteiger partial charge in [0.05, 0.1) is 5.52 Å². The topological polar surface area (TPSA) is 42.2 Å². The average Bonchev–Trinajstić information content (AvgIpc) is 2.47. The van der Waals surface area contributed by atoms with Crippen LogP contribution in [0.4, 0.5) is 4.79 Å². The van der Waals surface area contributed by atoms with E-state index in [1.54, 1.807) is 12.1 Å². The summed E-state index contributed by atoms with van der Waals surface area (Å²) in [7, 11) is 0. The zero-order chi connectivity index (χ0) is 8.55. The third-order valence-electron chi connectivity index (χ3n) is 1.72. The molecule has 1 radical (unpaired) electrons. The maximum atomic E-state index is 10.6. The van der Waals surface area contributed by atoms with Crippen molar-refractivity contribution in [3.63, 3.8) is 0 Å². The van der Waals surface area contributed by atoms with E-state index in [0.29, 0.717) is 5.52 Å². The van der Waals surface area contributed by atoms with Gasteiger partial charge in [0, 0.05) is 17.6 Å². The molecule has 0 saturated carbocycles. The average molecular weight is 160 g/mol. The van der Waals surface area contributed by atoms with Gasteiger partial charge < -0.3 is 5.11 Å². The summed E-state index contributed by atoms with van der Waals surface area (Å²) in [5.74, 6) is 0. The second kappa shape index (κ2) is 2.37. The number of carboxylic acid groups (broad SMARTS) is 1. The van der Waals surface area contributed by atoms with Crippen LogP contribution in [-0.4, -0.2) is 15.8 Å². The summed E-state index contributed by atoms with van der Waals surface area (Å²) in [5.41, 5.74) is 0.671. The highest BCUT2D eigenvalue weighted by molar-refractivity contribution is 5.88. The molecule has 1 aromatic heterocycles. The third-order valence-corrected chi connectivity index (χ3v) is 1.72. The van der Waals surface area contributed by atoms with E-state index in [9.17, 15) is 4.79 Å². The van der Waals surface area contributed by atoms with E-state index in [1.165, 1.54) is 6.20 Å². The minimum atomic E-state index is -0.979. The summed E-state index contributed by atoms with van der Waals surface area (Å²) < 4.78 is 1.15. The van der Waals surface area contributed by atoms with Crippen molar-refractivity contribution in [3.05, 3.63) is 36.5 Å². The van der Waals surface area contributed by atoms with Gasteiger partial charge in [0.15, 0.2) is 0 Å². The van der Waals surface area contributed by atoms with Crippen LogP contribution in [0.15, 0.2) is 30.5 Å². The zero-order valence-electron chi connectivity index (χ0n) is 6.19. The molecule has 0 spiro atoms. The van der Waals surface area contributed by atoms with Crippen molar-refractivity contribution in [1.29, 1.82) is 0 Å². The molecule has 0 aliphatic rings. The first-order chi connectivity index (χ1) is 5.79. The standard InChI is InChI=1S/C9H6NO2/c11-9(12)10-6-5-7-3-1-2-4-8(7)10/h1-4,6H,(H,11,12). The summed E-state index contributed by atoms with van der Waals surface area (Å²) in [6.45, 7) is 0. The molecule has 1 heterocycles. The molecule has 12 heavy (non-hydrogen) atoms. The number of hydrogen-bond acceptors (Lipinski definition) is 1. The fraction of sp³-hybridized carbons (Fsp3) is 0. The second-order valence-corrected chi connectivity index (χ2v) is 2.44. The number of aromatic nitrogens is 1. The molecular weight excluding hydrogens is 154 g/mol. The number of fused-ring (bicyclic) bond motifs is 1. The van der Waals surface area contributed by atoms with E-state index in [4.69, 9.17) is 5.11 Å². The first-order valence-corrected chi connectivity index (χ1v) is 3.50. The molecule has 59 valence electrons. The van der Waals surface area contributed by atoms with Crippen LogP contribution in [0.1, 0.15) is 0 Å². The van der Waals surface area contributed by atoms with E-state index in [-0.39, 0.29) is 0 Å². The number of carbonyl (C=O) groups is 1. The largest absolute Gasteiger partial charge is 0.464 e. The molecule has 0 saturated heterocycles. The van der Waals surface area contributed by atoms with Gasteiger partial charge in [-0.2, -0.15) is 0 Å². The lowest BCUT2D eigenvalue weighted by molar-refractivity contribution is 0.197. The van der Waals surface area contributed by atoms with Gasteiger partial charge in [0.25, 0.3) is 0 Å². The van der Waals surface area contributed by atoms with E-state index in [2.05, 4.69) is 6.07 Å². The van der Waals surface area contributed by atoms with Gasteiger partial charge in [-0.25, -0.2) is 4.79 Å². The van der Waals surface area contributed by atoms with E-state index in [0.717, 1.165) is 9.95 Å². The molecule has 0 aliphatic heterocycles. The lowest BCUT2D eigenvalue weighted by Gasteiger charge is -1.95. The monoisotopic (exact) mass is 160 g/mol. The Morgan fingerprint density at radius 3 is 2.92 bits per heavy atom. The zero-order valence-corrected chi connectivity index (χ0v) is 6.19. The maximum Gasteiger partial charge on any atom is 0.416 e. The third kappa shape index (κ3) is 0.871. The molecule has 2 rings (SSSR count). The van der Waals surface area contributed by atoms with Crippen LogP contribution in [0.3, 0.4) is 0 Å². The van der Waals surface area contributed by atoms with Crippen LogP contribution in [0.25, 0.3) is 10.9 Å². The molecule has 0 bridgehead atoms. The molecule has 0 unspecified atom stereocenters. The number of rotatable bonds is 0. The van der Waals surface area contributed by atoms with Gasteiger partial charge >= 0.3 is 6.09 Å². The quantitative estimate of drug-likeness (QED) is 0.640. The maximum absolute atomic E-state index is 10.6. The highest BCUT2D eigenvalue weighted by atomic mass is 16.4. The number of hydrogen-bond donors (Lipinski definition) is 1. The van der Waals surface area contributed by atoms with Crippen LogP contribution < -0.4 is 0 Å². The fourth-order valence-corrected chi connectivity index (χ4v) is 1.17. The Balaban J connectivity index is 2.79. The van der Waals surface area contributed by atoms with Crippen molar-refractivity contribution in [1.82, 2.24) is 4.57 Å². The van der Waals surface area contributed by atoms with Crippen molar-refractivity contribution >= 4 is 17.0 Å². The lowest BCUT2D eigenvalue weighted by Crippen LogP contribution is -2.05. The molecule has 0 amide bonds. The first kappa shape index (κ1) is 6.91. The predicted octanol–water partition coefficient (Wildman–Crippen LogP) is 1.97. The molecular formula is C9H6NO2. The molecule has 0 fully saturated rings. The predicted molar refractivity (Wildman–Crippen MR) is 44.2 cm³/mol. The molecule has 1 N–H and O–H groups in total. The summed E-state index contributed by atoms with van der Waals surface area (Å²) in [5, 5.41) is 9.53. The van der Waals surface area contributed by atoms with Gasteiger partial charge in [-0.3, -0.25) is 4.57 Å². The lowest BCUT2D eigenvalue weighted by atomic mass is 10.2. The minimum absolute atomic E-state index is 0.671. The molecule has 3 heteroatoms. The van der Waals surface area contributed by atoms with Crippen LogP contribution in [-0.2, 0) is 0 Å². The van der Waals surface area contributed by atoms with Crippen LogP contribution in [0.2, 0.25) is 0 Å². The molecule has 0 aliphatic carbocycles. The summed E-state index contributed by atoms with van der Waals surface area (Å²) >= 11 is 0. The van der Waals surface area contributed by atoms with Gasteiger partial charge in [0.1, 0.15) is 0 Å². The summed E-state index contributed by atoms with van der Waals surface area (Å²) in [4.78, 5) is 10.6. The number of benzene rings is 1. The number of nitrogens with zero attached hydrogens (tertiary/aromatic N) is 1. The first-order valence-electron chi connectivity index (χ1n) is 3.50. The Hall–Kier alpha value is -1.77. The Bertz CT molecular complexity index is 431. The second-order valence-electron chi connectivity index (χ2n) is 2.44. The van der Waals surface area contributed by atoms with Crippen molar-refractivity contribution in [2.45, 2.75) is 0 Å². The molecule has 3 nitrogen and oxygen atoms in total. The van der Waals surface area contributed by atoms with E-state index in [1.807, 2.05) is 12.1 Å². The van der Waals surface area contributed by atoms with Crippen LogP contribution in [0.5, 0.6) is 0 Å². The Kier molecular flexibility index (Phi) is 1.37. The van der Waals surface area contributed by atoms with Crippen molar-refractivity contribution in [2.75, 3.05) is 0 Å². The van der Waals surface area contributed by atoms with Crippen molar-refractivity contribution in [2.24, 2.45) is 0 Å². The summed E-state index contributed by atoms with van der Waals surface area (Å²) in [6, 6.07) is 10.1. The van der Waals surface area contributed by atoms with Crippen LogP contribution in [0, 0.1) is 6.07 Å². The normalized spacial score (nSPS) is 10.3. The SMILES string of the molecule is O=C(O)n1c[c]c2ccccc21. The minimum Gasteiger partial charge on any atom is -0.464 e. The highest BCUT2D eigenvalue weighted by Crippen LogP contribution is 2.13. The highest BCUT2D eigenvalue weighted by Gasteiger charge is 2.04. The smallest absolute Gasteiger partial charge is 0.416 e. The summed E-state index contributed by atoms with van der Waals surface area (Å²) in [6.07, 6.45) is 0.444. The van der Waals surface area contributed by atoms with E-state index >= 15 is 0 Å². The van der Waals surface area contributed by atoms with Crippen LogP contribution >= 0.6 is 0 Å². The van der Waals surface area contributed by atoms with Gasteiger partial charge in [-0.05, 0) is 6.07 Å². The Labute approximate surface area is 68.9 Å². The molecule has 1 aromatic carbocycles. The van der Waals surface area contributed by atoms with Gasteiger partial charge in [0.2, 0.25) is 0 Å². The van der Waals surface area contributed by atoms with Crippen molar-refractivity contribution in [3.8, 4) is 0 Å². The van der Waals surface area contributed by atoms with Gasteiger partial charge in [-0.15, -0.1) is 0 Å². The fourth-order valence-electron chi connectivity index (χ4n) is 1.17. The number of para-hydroxylation sites is 1.